The molecular weight excluding hydrogens is 318 g/mol. The molecule has 2 nitrogen and oxygen atoms in total. The molecule has 0 amide bonds. The largest absolute Gasteiger partial charge is 0.381 e. The molecule has 0 aromatic rings. The number of fused-ring (bicyclic) bond motifs is 5. The highest BCUT2D eigenvalue weighted by Gasteiger charge is 2.57. The summed E-state index contributed by atoms with van der Waals surface area (Å²) in [6.45, 7) is 7.59. The van der Waals surface area contributed by atoms with Gasteiger partial charge in [0.1, 0.15) is 0 Å². The molecule has 2 fully saturated rings. The molecule has 0 spiro atoms. The van der Waals surface area contributed by atoms with E-state index in [1.54, 1.807) is 11.1 Å². The van der Waals surface area contributed by atoms with Gasteiger partial charge in [-0.05, 0) is 94.5 Å². The van der Waals surface area contributed by atoms with Gasteiger partial charge in [-0.25, -0.2) is 0 Å². The SMILES string of the molecule is CO[C@H]1CC[C@@]2(C)C(=CC[C@@H]3[C@@H]2CC[C@]2(C)C([C@H](C)N(C)C)=CC[C@@H]32)C1. The van der Waals surface area contributed by atoms with Crippen molar-refractivity contribution < 1.29 is 4.74 Å². The topological polar surface area (TPSA) is 12.5 Å². The Labute approximate surface area is 161 Å². The van der Waals surface area contributed by atoms with Crippen LogP contribution in [0.1, 0.15) is 65.7 Å². The summed E-state index contributed by atoms with van der Waals surface area (Å²) in [5, 5.41) is 0. The number of rotatable bonds is 3. The number of hydrogen-bond acceptors (Lipinski definition) is 2. The Morgan fingerprint density at radius 3 is 2.46 bits per heavy atom. The quantitative estimate of drug-likeness (QED) is 0.623. The first-order chi connectivity index (χ1) is 12.3. The van der Waals surface area contributed by atoms with Gasteiger partial charge in [0.2, 0.25) is 0 Å². The maximum atomic E-state index is 5.72. The lowest BCUT2D eigenvalue weighted by atomic mass is 9.47. The van der Waals surface area contributed by atoms with Crippen molar-refractivity contribution in [2.75, 3.05) is 21.2 Å². The van der Waals surface area contributed by atoms with Crippen LogP contribution in [0.5, 0.6) is 0 Å². The molecule has 146 valence electrons. The van der Waals surface area contributed by atoms with Gasteiger partial charge < -0.3 is 9.64 Å². The van der Waals surface area contributed by atoms with Crippen molar-refractivity contribution in [3.63, 3.8) is 0 Å². The molecule has 0 saturated heterocycles. The molecular formula is C24H39NO. The number of hydrogen-bond donors (Lipinski definition) is 0. The molecule has 4 rings (SSSR count). The second kappa shape index (κ2) is 6.48. The van der Waals surface area contributed by atoms with Crippen molar-refractivity contribution in [3.8, 4) is 0 Å². The Hall–Kier alpha value is -0.600. The molecule has 0 N–H and O–H groups in total. The van der Waals surface area contributed by atoms with Crippen molar-refractivity contribution in [1.82, 2.24) is 4.90 Å². The van der Waals surface area contributed by atoms with Crippen LogP contribution in [0.4, 0.5) is 0 Å². The van der Waals surface area contributed by atoms with Crippen LogP contribution < -0.4 is 0 Å². The van der Waals surface area contributed by atoms with Crippen LogP contribution in [0.3, 0.4) is 0 Å². The normalized spacial score (nSPS) is 46.1. The van der Waals surface area contributed by atoms with Crippen molar-refractivity contribution in [1.29, 1.82) is 0 Å². The minimum absolute atomic E-state index is 0.427. The summed E-state index contributed by atoms with van der Waals surface area (Å²) in [6, 6.07) is 0.573. The van der Waals surface area contributed by atoms with Gasteiger partial charge >= 0.3 is 0 Å². The monoisotopic (exact) mass is 357 g/mol. The molecule has 0 bridgehead atoms. The minimum Gasteiger partial charge on any atom is -0.381 e. The van der Waals surface area contributed by atoms with Crippen molar-refractivity contribution in [3.05, 3.63) is 23.3 Å². The first-order valence-electron chi connectivity index (χ1n) is 10.9. The Bertz CT molecular complexity index is 620. The number of nitrogens with zero attached hydrogens (tertiary/aromatic N) is 1. The molecule has 0 aromatic heterocycles. The molecule has 0 radical (unpaired) electrons. The lowest BCUT2D eigenvalue weighted by molar-refractivity contribution is -0.0372. The number of likely N-dealkylation sites (N-methyl/N-ethyl adjacent to an activating group) is 1. The molecule has 0 unspecified atom stereocenters. The van der Waals surface area contributed by atoms with Crippen LogP contribution in [0.2, 0.25) is 0 Å². The van der Waals surface area contributed by atoms with E-state index in [0.29, 0.717) is 23.0 Å². The maximum Gasteiger partial charge on any atom is 0.0608 e. The fourth-order valence-electron chi connectivity index (χ4n) is 7.36. The zero-order chi connectivity index (χ0) is 18.7. The highest BCUT2D eigenvalue weighted by atomic mass is 16.5. The summed E-state index contributed by atoms with van der Waals surface area (Å²) in [4.78, 5) is 2.40. The smallest absolute Gasteiger partial charge is 0.0608 e. The molecule has 2 saturated carbocycles. The van der Waals surface area contributed by atoms with Gasteiger partial charge in [-0.15, -0.1) is 0 Å². The van der Waals surface area contributed by atoms with Crippen LogP contribution in [-0.4, -0.2) is 38.3 Å². The van der Waals surface area contributed by atoms with Gasteiger partial charge in [-0.3, -0.25) is 0 Å². The number of ether oxygens (including phenoxy) is 1. The highest BCUT2D eigenvalue weighted by molar-refractivity contribution is 5.32. The molecule has 7 atom stereocenters. The molecule has 2 heteroatoms. The van der Waals surface area contributed by atoms with Crippen molar-refractivity contribution in [2.45, 2.75) is 77.9 Å². The molecule has 0 aromatic carbocycles. The average Bonchev–Trinajstić information content (AvgIpc) is 2.97. The summed E-state index contributed by atoms with van der Waals surface area (Å²) in [5.74, 6) is 2.62. The third-order valence-electron chi connectivity index (χ3n) is 9.26. The highest BCUT2D eigenvalue weighted by Crippen LogP contribution is 2.65. The molecule has 4 aliphatic rings. The van der Waals surface area contributed by atoms with Crippen LogP contribution >= 0.6 is 0 Å². The minimum atomic E-state index is 0.427. The van der Waals surface area contributed by atoms with Gasteiger partial charge in [0, 0.05) is 13.2 Å². The van der Waals surface area contributed by atoms with E-state index < -0.39 is 0 Å². The average molecular weight is 358 g/mol. The fraction of sp³-hybridized carbons (Fsp3) is 0.833. The zero-order valence-corrected chi connectivity index (χ0v) is 17.8. The van der Waals surface area contributed by atoms with E-state index in [0.717, 1.165) is 17.8 Å². The van der Waals surface area contributed by atoms with E-state index in [2.05, 4.69) is 51.9 Å². The fourth-order valence-corrected chi connectivity index (χ4v) is 7.36. The van der Waals surface area contributed by atoms with E-state index in [1.165, 1.54) is 44.9 Å². The standard InChI is InChI=1S/C24H39NO/c1-16(25(4)5)20-9-10-21-19-8-7-17-15-18(26-6)11-13-23(17,2)22(19)12-14-24(20,21)3/h7,9,16,18-19,21-22H,8,10-15H2,1-6H3/t16-,18-,19-,21-,22-,23-,24+/m0/s1. The van der Waals surface area contributed by atoms with E-state index in [4.69, 9.17) is 4.74 Å². The molecule has 0 heterocycles. The van der Waals surface area contributed by atoms with E-state index in [-0.39, 0.29) is 0 Å². The van der Waals surface area contributed by atoms with Crippen molar-refractivity contribution in [2.24, 2.45) is 28.6 Å². The summed E-state index contributed by atoms with van der Waals surface area (Å²) in [6.07, 6.45) is 14.9. The lowest BCUT2D eigenvalue weighted by Gasteiger charge is -2.58. The summed E-state index contributed by atoms with van der Waals surface area (Å²) < 4.78 is 5.72. The third kappa shape index (κ3) is 2.58. The van der Waals surface area contributed by atoms with E-state index >= 15 is 0 Å². The van der Waals surface area contributed by atoms with Crippen LogP contribution in [0.15, 0.2) is 23.3 Å². The van der Waals surface area contributed by atoms with Crippen LogP contribution in [-0.2, 0) is 4.74 Å². The Kier molecular flexibility index (Phi) is 4.67. The first kappa shape index (κ1) is 18.7. The Morgan fingerprint density at radius 2 is 1.77 bits per heavy atom. The maximum absolute atomic E-state index is 5.72. The van der Waals surface area contributed by atoms with Gasteiger partial charge in [0.25, 0.3) is 0 Å². The number of allylic oxidation sites excluding steroid dienone is 2. The Balaban J connectivity index is 1.61. The summed E-state index contributed by atoms with van der Waals surface area (Å²) >= 11 is 0. The first-order valence-corrected chi connectivity index (χ1v) is 10.9. The predicted octanol–water partition coefficient (Wildman–Crippen LogP) is 5.45. The molecule has 4 aliphatic carbocycles. The van der Waals surface area contributed by atoms with Crippen LogP contribution in [0, 0.1) is 28.6 Å². The van der Waals surface area contributed by atoms with Crippen LogP contribution in [0.25, 0.3) is 0 Å². The predicted molar refractivity (Wildman–Crippen MR) is 109 cm³/mol. The van der Waals surface area contributed by atoms with Crippen molar-refractivity contribution >= 4 is 0 Å². The van der Waals surface area contributed by atoms with E-state index in [1.807, 2.05) is 7.11 Å². The second-order valence-electron chi connectivity index (χ2n) is 10.4. The lowest BCUT2D eigenvalue weighted by Crippen LogP contribution is -2.51. The van der Waals surface area contributed by atoms with Gasteiger partial charge in [-0.2, -0.15) is 0 Å². The zero-order valence-electron chi connectivity index (χ0n) is 17.8. The second-order valence-corrected chi connectivity index (χ2v) is 10.4. The van der Waals surface area contributed by atoms with E-state index in [9.17, 15) is 0 Å². The van der Waals surface area contributed by atoms with Gasteiger partial charge in [0.05, 0.1) is 6.10 Å². The van der Waals surface area contributed by atoms with Gasteiger partial charge in [-0.1, -0.05) is 37.1 Å². The third-order valence-corrected chi connectivity index (χ3v) is 9.26. The summed E-state index contributed by atoms with van der Waals surface area (Å²) in [7, 11) is 6.36. The molecule has 0 aliphatic heterocycles. The summed E-state index contributed by atoms with van der Waals surface area (Å²) in [5.41, 5.74) is 4.33. The Morgan fingerprint density at radius 1 is 1.04 bits per heavy atom. The molecule has 26 heavy (non-hydrogen) atoms. The van der Waals surface area contributed by atoms with Gasteiger partial charge in [0.15, 0.2) is 0 Å². The number of methoxy groups -OCH3 is 1.